The van der Waals surface area contributed by atoms with Crippen molar-refractivity contribution in [2.75, 3.05) is 0 Å². The average Bonchev–Trinajstić information content (AvgIpc) is 3.11. The Morgan fingerprint density at radius 1 is 0.778 bits per heavy atom. The molecular formula is C23H15F2NO. The maximum atomic E-state index is 13.5. The van der Waals surface area contributed by atoms with Crippen LogP contribution in [0.25, 0.3) is 5.76 Å². The van der Waals surface area contributed by atoms with E-state index >= 15 is 0 Å². The number of nitrogens with zero attached hydrogens (tertiary/aromatic N) is 1. The first-order chi connectivity index (χ1) is 13.1. The van der Waals surface area contributed by atoms with Gasteiger partial charge in [-0.25, -0.2) is 8.78 Å². The van der Waals surface area contributed by atoms with Crippen molar-refractivity contribution in [2.24, 2.45) is 0 Å². The van der Waals surface area contributed by atoms with Crippen LogP contribution >= 0.6 is 0 Å². The van der Waals surface area contributed by atoms with Gasteiger partial charge in [-0.05, 0) is 24.3 Å². The van der Waals surface area contributed by atoms with Gasteiger partial charge in [0.2, 0.25) is 0 Å². The lowest BCUT2D eigenvalue weighted by Gasteiger charge is -2.31. The molecule has 0 saturated heterocycles. The first-order valence-corrected chi connectivity index (χ1v) is 8.52. The van der Waals surface area contributed by atoms with Crippen molar-refractivity contribution in [3.8, 4) is 6.07 Å². The average molecular weight is 359 g/mol. The molecular weight excluding hydrogens is 344 g/mol. The quantitative estimate of drug-likeness (QED) is 0.613. The van der Waals surface area contributed by atoms with Crippen molar-refractivity contribution < 1.29 is 13.5 Å². The largest absolute Gasteiger partial charge is 0.476 e. The molecule has 0 spiro atoms. The molecule has 132 valence electrons. The number of benzene rings is 3. The van der Waals surface area contributed by atoms with E-state index in [1.807, 2.05) is 30.3 Å². The lowest BCUT2D eigenvalue weighted by Crippen LogP contribution is -2.27. The fraction of sp³-hybridized carbons (Fsp3) is 0.0870. The third-order valence-corrected chi connectivity index (χ3v) is 4.77. The molecule has 2 nitrogen and oxygen atoms in total. The highest BCUT2D eigenvalue weighted by Gasteiger charge is 2.44. The van der Waals surface area contributed by atoms with Gasteiger partial charge < -0.3 is 4.74 Å². The number of hydrogen-bond acceptors (Lipinski definition) is 2. The van der Waals surface area contributed by atoms with Crippen LogP contribution in [0.4, 0.5) is 8.78 Å². The van der Waals surface area contributed by atoms with Crippen molar-refractivity contribution in [1.29, 1.82) is 5.26 Å². The van der Waals surface area contributed by atoms with Crippen molar-refractivity contribution >= 4 is 5.76 Å². The van der Waals surface area contributed by atoms with E-state index in [1.54, 1.807) is 24.3 Å². The fourth-order valence-corrected chi connectivity index (χ4v) is 3.44. The Labute approximate surface area is 156 Å². The van der Waals surface area contributed by atoms with E-state index < -0.39 is 5.60 Å². The number of halogens is 2. The number of rotatable bonds is 3. The van der Waals surface area contributed by atoms with Gasteiger partial charge in [0.15, 0.2) is 5.60 Å². The predicted molar refractivity (Wildman–Crippen MR) is 98.3 cm³/mol. The molecule has 4 heteroatoms. The van der Waals surface area contributed by atoms with Crippen LogP contribution in [-0.4, -0.2) is 0 Å². The Morgan fingerprint density at radius 2 is 1.30 bits per heavy atom. The topological polar surface area (TPSA) is 33.0 Å². The van der Waals surface area contributed by atoms with Gasteiger partial charge in [-0.3, -0.25) is 0 Å². The van der Waals surface area contributed by atoms with Gasteiger partial charge in [-0.2, -0.15) is 5.26 Å². The molecule has 0 aliphatic carbocycles. The lowest BCUT2D eigenvalue weighted by atomic mass is 9.82. The van der Waals surface area contributed by atoms with Gasteiger partial charge in [0, 0.05) is 23.1 Å². The Balaban J connectivity index is 1.87. The van der Waals surface area contributed by atoms with Crippen molar-refractivity contribution in [3.05, 3.63) is 113 Å². The molecule has 0 bridgehead atoms. The third kappa shape index (κ3) is 2.98. The van der Waals surface area contributed by atoms with Crippen LogP contribution in [0.1, 0.15) is 23.1 Å². The van der Waals surface area contributed by atoms with Gasteiger partial charge in [-0.1, -0.05) is 54.6 Å². The van der Waals surface area contributed by atoms with E-state index in [0.29, 0.717) is 22.5 Å². The molecule has 0 saturated carbocycles. The molecule has 27 heavy (non-hydrogen) atoms. The summed E-state index contributed by atoms with van der Waals surface area (Å²) in [5.74, 6) is -0.225. The van der Waals surface area contributed by atoms with Crippen LogP contribution in [0.15, 0.2) is 84.4 Å². The second-order valence-corrected chi connectivity index (χ2v) is 6.41. The van der Waals surface area contributed by atoms with E-state index in [-0.39, 0.29) is 18.1 Å². The highest BCUT2D eigenvalue weighted by atomic mass is 19.1. The highest BCUT2D eigenvalue weighted by Crippen LogP contribution is 2.49. The summed E-state index contributed by atoms with van der Waals surface area (Å²) < 4.78 is 33.4. The smallest absolute Gasteiger partial charge is 0.164 e. The normalized spacial score (nSPS) is 15.3. The minimum absolute atomic E-state index is 0.283. The van der Waals surface area contributed by atoms with Crippen molar-refractivity contribution in [1.82, 2.24) is 0 Å². The fourth-order valence-electron chi connectivity index (χ4n) is 3.44. The van der Waals surface area contributed by atoms with Crippen LogP contribution in [-0.2, 0) is 10.3 Å². The molecule has 1 aliphatic rings. The molecule has 0 atom stereocenters. The number of ether oxygens (including phenoxy) is 1. The molecule has 3 aromatic carbocycles. The lowest BCUT2D eigenvalue weighted by molar-refractivity contribution is 0.100. The molecule has 1 heterocycles. The Hall–Kier alpha value is -3.45. The second kappa shape index (κ2) is 6.69. The molecule has 4 rings (SSSR count). The van der Waals surface area contributed by atoms with Crippen LogP contribution in [0.3, 0.4) is 0 Å². The summed E-state index contributed by atoms with van der Waals surface area (Å²) in [5, 5.41) is 9.70. The standard InChI is InChI=1S/C23H15F2NO/c24-20-10-6-18(7-11-20)23(19-8-12-21(25)13-9-19)14-17(15-26)22(27-23)16-4-2-1-3-5-16/h1-13H,14H2. The minimum atomic E-state index is -1.02. The summed E-state index contributed by atoms with van der Waals surface area (Å²) in [6, 6.07) is 23.6. The molecule has 1 aliphatic heterocycles. The van der Waals surface area contributed by atoms with Crippen molar-refractivity contribution in [2.45, 2.75) is 12.0 Å². The van der Waals surface area contributed by atoms with E-state index in [2.05, 4.69) is 6.07 Å². The molecule has 0 aromatic heterocycles. The zero-order valence-corrected chi connectivity index (χ0v) is 14.3. The minimum Gasteiger partial charge on any atom is -0.476 e. The predicted octanol–water partition coefficient (Wildman–Crippen LogP) is 5.56. The molecule has 0 unspecified atom stereocenters. The van der Waals surface area contributed by atoms with Crippen LogP contribution in [0.2, 0.25) is 0 Å². The Kier molecular flexibility index (Phi) is 4.21. The van der Waals surface area contributed by atoms with E-state index in [4.69, 9.17) is 4.74 Å². The summed E-state index contributed by atoms with van der Waals surface area (Å²) in [4.78, 5) is 0. The van der Waals surface area contributed by atoms with Crippen molar-refractivity contribution in [3.63, 3.8) is 0 Å². The number of nitriles is 1. The maximum Gasteiger partial charge on any atom is 0.164 e. The third-order valence-electron chi connectivity index (χ3n) is 4.77. The van der Waals surface area contributed by atoms with E-state index in [9.17, 15) is 14.0 Å². The number of hydrogen-bond donors (Lipinski definition) is 0. The molecule has 0 N–H and O–H groups in total. The van der Waals surface area contributed by atoms with Crippen LogP contribution in [0.5, 0.6) is 0 Å². The van der Waals surface area contributed by atoms with Gasteiger partial charge in [0.1, 0.15) is 17.4 Å². The summed E-state index contributed by atoms with van der Waals surface area (Å²) in [6.45, 7) is 0. The van der Waals surface area contributed by atoms with E-state index in [1.165, 1.54) is 24.3 Å². The van der Waals surface area contributed by atoms with Gasteiger partial charge in [-0.15, -0.1) is 0 Å². The second-order valence-electron chi connectivity index (χ2n) is 6.41. The first-order valence-electron chi connectivity index (χ1n) is 8.52. The Bertz CT molecular complexity index is 987. The highest BCUT2D eigenvalue weighted by molar-refractivity contribution is 5.71. The van der Waals surface area contributed by atoms with Gasteiger partial charge in [0.05, 0.1) is 11.6 Å². The molecule has 0 radical (unpaired) electrons. The van der Waals surface area contributed by atoms with Crippen LogP contribution in [0, 0.1) is 23.0 Å². The maximum absolute atomic E-state index is 13.5. The SMILES string of the molecule is N#CC1=C(c2ccccc2)OC(c2ccc(F)cc2)(c2ccc(F)cc2)C1. The zero-order chi connectivity index (χ0) is 18.9. The summed E-state index contributed by atoms with van der Waals surface area (Å²) in [5.41, 5.74) is 1.68. The van der Waals surface area contributed by atoms with Gasteiger partial charge >= 0.3 is 0 Å². The monoisotopic (exact) mass is 359 g/mol. The Morgan fingerprint density at radius 3 is 1.78 bits per heavy atom. The molecule has 0 amide bonds. The molecule has 3 aromatic rings. The first kappa shape index (κ1) is 17.0. The van der Waals surface area contributed by atoms with E-state index in [0.717, 1.165) is 5.56 Å². The summed E-state index contributed by atoms with van der Waals surface area (Å²) in [6.07, 6.45) is 0.283. The summed E-state index contributed by atoms with van der Waals surface area (Å²) >= 11 is 0. The van der Waals surface area contributed by atoms with Gasteiger partial charge in [0.25, 0.3) is 0 Å². The zero-order valence-electron chi connectivity index (χ0n) is 14.3. The molecule has 0 fully saturated rings. The summed E-state index contributed by atoms with van der Waals surface area (Å²) in [7, 11) is 0. The van der Waals surface area contributed by atoms with Crippen LogP contribution < -0.4 is 0 Å².